The summed E-state index contributed by atoms with van der Waals surface area (Å²) in [5.74, 6) is 3.38. The molecule has 5 unspecified atom stereocenters. The van der Waals surface area contributed by atoms with Crippen molar-refractivity contribution in [2.75, 3.05) is 18.1 Å². The second-order valence-corrected chi connectivity index (χ2v) is 20.2. The van der Waals surface area contributed by atoms with Gasteiger partial charge in [0.25, 0.3) is 0 Å². The monoisotopic (exact) mass is 911 g/mol. The lowest BCUT2D eigenvalue weighted by Crippen LogP contribution is -2.35. The fourth-order valence-electron chi connectivity index (χ4n) is 10.8. The normalized spacial score (nSPS) is 18.3. The van der Waals surface area contributed by atoms with Crippen LogP contribution in [0.4, 0.5) is 11.4 Å². The minimum Gasteiger partial charge on any atom is -0.465 e. The highest BCUT2D eigenvalue weighted by Crippen LogP contribution is 2.48. The average molecular weight is 911 g/mol. The number of nitrogen functional groups attached to an aromatic ring is 2. The molecule has 1 aliphatic carbocycles. The van der Waals surface area contributed by atoms with Gasteiger partial charge in [0.15, 0.2) is 5.60 Å². The highest BCUT2D eigenvalue weighted by atomic mass is 16.6. The van der Waals surface area contributed by atoms with E-state index in [9.17, 15) is 9.59 Å². The summed E-state index contributed by atoms with van der Waals surface area (Å²) in [5.41, 5.74) is 14.6. The Hall–Kier alpha value is -3.54. The zero-order valence-electron chi connectivity index (χ0n) is 42.7. The van der Waals surface area contributed by atoms with Crippen LogP contribution in [0.1, 0.15) is 231 Å². The van der Waals surface area contributed by atoms with Gasteiger partial charge in [-0.1, -0.05) is 199 Å². The van der Waals surface area contributed by atoms with Crippen LogP contribution in [0.15, 0.2) is 73.3 Å². The molecular weight excluding hydrogens is 813 g/mol. The van der Waals surface area contributed by atoms with Crippen LogP contribution in [-0.4, -0.2) is 24.1 Å². The van der Waals surface area contributed by atoms with E-state index in [1.54, 1.807) is 6.08 Å². The largest absolute Gasteiger partial charge is 0.465 e. The van der Waals surface area contributed by atoms with Crippen molar-refractivity contribution in [2.45, 2.75) is 238 Å². The molecule has 0 aliphatic heterocycles. The van der Waals surface area contributed by atoms with Crippen molar-refractivity contribution in [3.63, 3.8) is 0 Å². The maximum absolute atomic E-state index is 13.1. The fraction of sp³-hybridized carbons (Fsp3) is 0.700. The molecule has 5 atom stereocenters. The second-order valence-electron chi connectivity index (χ2n) is 20.2. The second kappa shape index (κ2) is 35.6. The molecule has 0 spiro atoms. The van der Waals surface area contributed by atoms with Gasteiger partial charge >= 0.3 is 11.9 Å². The first-order valence-corrected chi connectivity index (χ1v) is 27.6. The Kier molecular flexibility index (Phi) is 30.6. The Labute approximate surface area is 405 Å². The number of unbranched alkanes of at least 4 members (excludes halogenated alkanes) is 18. The molecule has 0 heterocycles. The number of esters is 2. The van der Waals surface area contributed by atoms with Crippen molar-refractivity contribution < 1.29 is 19.1 Å². The Morgan fingerprint density at radius 2 is 1.00 bits per heavy atom. The highest BCUT2D eigenvalue weighted by Gasteiger charge is 2.38. The zero-order chi connectivity index (χ0) is 47.5. The summed E-state index contributed by atoms with van der Waals surface area (Å²) in [6, 6.07) is 15.6. The Morgan fingerprint density at radius 1 is 0.576 bits per heavy atom. The molecule has 372 valence electrons. The topological polar surface area (TPSA) is 105 Å². The summed E-state index contributed by atoms with van der Waals surface area (Å²) in [4.78, 5) is 25.5. The van der Waals surface area contributed by atoms with Crippen molar-refractivity contribution in [3.05, 3.63) is 84.5 Å². The number of allylic oxidation sites excluding steroid dienone is 1. The van der Waals surface area contributed by atoms with Crippen LogP contribution in [0.3, 0.4) is 0 Å². The number of hydrogen-bond donors (Lipinski definition) is 2. The third kappa shape index (κ3) is 24.5. The van der Waals surface area contributed by atoms with Gasteiger partial charge < -0.3 is 20.9 Å². The van der Waals surface area contributed by atoms with Gasteiger partial charge in [-0.25, -0.2) is 0 Å². The summed E-state index contributed by atoms with van der Waals surface area (Å²) in [7, 11) is 0. The van der Waals surface area contributed by atoms with E-state index in [-0.39, 0.29) is 11.9 Å². The van der Waals surface area contributed by atoms with E-state index in [2.05, 4.69) is 33.4 Å². The predicted octanol–water partition coefficient (Wildman–Crippen LogP) is 16.8. The summed E-state index contributed by atoms with van der Waals surface area (Å²) in [6.45, 7) is 11.3. The van der Waals surface area contributed by atoms with Gasteiger partial charge in [-0.05, 0) is 116 Å². The minimum absolute atomic E-state index is 0.0651. The van der Waals surface area contributed by atoms with E-state index < -0.39 is 5.60 Å². The quantitative estimate of drug-likeness (QED) is 0.0300. The van der Waals surface area contributed by atoms with E-state index in [1.165, 1.54) is 154 Å². The SMILES string of the molecule is C=CC(C=CCC)(Cc1ccc(N)cc1)OC(=O)CCCCCCCCC1CCC(CCCCCCCC)C(CCCCCC)C1CCCCCCCCC(=O)OCCc1ccc(N)cc1. The molecule has 2 aromatic rings. The van der Waals surface area contributed by atoms with Gasteiger partial charge in [-0.3, -0.25) is 9.59 Å². The number of ether oxygens (including phenoxy) is 2. The van der Waals surface area contributed by atoms with Gasteiger partial charge in [0.2, 0.25) is 0 Å². The van der Waals surface area contributed by atoms with Gasteiger partial charge in [-0.2, -0.15) is 0 Å². The first kappa shape index (κ1) is 56.8. The number of anilines is 2. The zero-order valence-corrected chi connectivity index (χ0v) is 42.7. The summed E-state index contributed by atoms with van der Waals surface area (Å²) >= 11 is 0. The maximum Gasteiger partial charge on any atom is 0.306 e. The Bertz CT molecular complexity index is 1570. The molecule has 0 radical (unpaired) electrons. The van der Waals surface area contributed by atoms with Crippen molar-refractivity contribution >= 4 is 23.3 Å². The molecule has 6 heteroatoms. The summed E-state index contributed by atoms with van der Waals surface area (Å²) in [6.07, 6.45) is 45.7. The molecule has 0 aromatic heterocycles. The van der Waals surface area contributed by atoms with E-state index in [1.807, 2.05) is 54.6 Å². The number of carbonyl (C=O) groups excluding carboxylic acids is 2. The van der Waals surface area contributed by atoms with Crippen LogP contribution in [0.5, 0.6) is 0 Å². The molecule has 66 heavy (non-hydrogen) atoms. The van der Waals surface area contributed by atoms with Gasteiger partial charge in [0.1, 0.15) is 0 Å². The van der Waals surface area contributed by atoms with Gasteiger partial charge in [-0.15, -0.1) is 0 Å². The number of carbonyl (C=O) groups is 2. The van der Waals surface area contributed by atoms with Crippen LogP contribution in [0, 0.1) is 23.7 Å². The van der Waals surface area contributed by atoms with E-state index in [0.29, 0.717) is 25.9 Å². The first-order valence-electron chi connectivity index (χ1n) is 27.6. The number of hydrogen-bond acceptors (Lipinski definition) is 6. The van der Waals surface area contributed by atoms with Gasteiger partial charge in [0, 0.05) is 37.1 Å². The predicted molar refractivity (Wildman–Crippen MR) is 282 cm³/mol. The lowest BCUT2D eigenvalue weighted by Gasteiger charge is -2.44. The molecule has 1 fully saturated rings. The van der Waals surface area contributed by atoms with Crippen molar-refractivity contribution in [2.24, 2.45) is 23.7 Å². The maximum atomic E-state index is 13.1. The van der Waals surface area contributed by atoms with Crippen molar-refractivity contribution in [1.82, 2.24) is 0 Å². The molecule has 0 bridgehead atoms. The lowest BCUT2D eigenvalue weighted by atomic mass is 9.61. The average Bonchev–Trinajstić information content (AvgIpc) is 3.32. The highest BCUT2D eigenvalue weighted by molar-refractivity contribution is 5.70. The van der Waals surface area contributed by atoms with Crippen molar-refractivity contribution in [1.29, 1.82) is 0 Å². The van der Waals surface area contributed by atoms with Crippen LogP contribution < -0.4 is 11.5 Å². The first-order chi connectivity index (χ1) is 32.2. The molecular formula is C60H98N2O4. The molecule has 0 amide bonds. The number of benzene rings is 2. The van der Waals surface area contributed by atoms with E-state index >= 15 is 0 Å². The van der Waals surface area contributed by atoms with E-state index in [4.69, 9.17) is 20.9 Å². The van der Waals surface area contributed by atoms with Crippen molar-refractivity contribution in [3.8, 4) is 0 Å². The molecule has 1 aliphatic rings. The molecule has 1 saturated carbocycles. The molecule has 3 rings (SSSR count). The van der Waals surface area contributed by atoms with Crippen LogP contribution in [0.2, 0.25) is 0 Å². The fourth-order valence-corrected chi connectivity index (χ4v) is 10.8. The summed E-state index contributed by atoms with van der Waals surface area (Å²) in [5, 5.41) is 0. The molecule has 6 nitrogen and oxygen atoms in total. The number of nitrogens with two attached hydrogens (primary N) is 2. The van der Waals surface area contributed by atoms with Crippen LogP contribution >= 0.6 is 0 Å². The van der Waals surface area contributed by atoms with Crippen LogP contribution in [-0.2, 0) is 31.9 Å². The van der Waals surface area contributed by atoms with E-state index in [0.717, 1.165) is 84.7 Å². The Balaban J connectivity index is 1.44. The lowest BCUT2D eigenvalue weighted by molar-refractivity contribution is -0.151. The summed E-state index contributed by atoms with van der Waals surface area (Å²) < 4.78 is 11.7. The third-order valence-electron chi connectivity index (χ3n) is 14.7. The molecule has 4 N–H and O–H groups in total. The minimum atomic E-state index is -0.845. The van der Waals surface area contributed by atoms with Gasteiger partial charge in [0.05, 0.1) is 6.61 Å². The smallest absolute Gasteiger partial charge is 0.306 e. The standard InChI is InChI=1S/C60H98N2O4/c1-5-9-12-14-19-24-30-52-40-41-53(31-25-20-15-17-23-29-35-59(64)66-60(8-4,47-11-7-3)49-51-38-44-55(62)45-39-51)57(56(52)32-26-13-10-6-2)33-27-21-16-18-22-28-34-58(63)65-48-46-50-36-42-54(61)43-37-50/h8,11,36-39,42-45,47,52-53,56-57H,4-7,9-10,12-35,40-41,46,48-49,61-62H2,1-3H3. The molecule has 0 saturated heterocycles. The Morgan fingerprint density at radius 3 is 1.48 bits per heavy atom. The number of rotatable bonds is 39. The molecule has 2 aromatic carbocycles. The van der Waals surface area contributed by atoms with Crippen LogP contribution in [0.25, 0.3) is 0 Å². The third-order valence-corrected chi connectivity index (χ3v) is 14.7.